The number of pyridine rings is 1. The van der Waals surface area contributed by atoms with Gasteiger partial charge in [-0.05, 0) is 83.0 Å². The van der Waals surface area contributed by atoms with Crippen molar-refractivity contribution in [3.63, 3.8) is 0 Å². The first-order valence-electron chi connectivity index (χ1n) is 11.0. The Morgan fingerprint density at radius 1 is 1.24 bits per heavy atom. The number of carbonyl (C=O) groups is 2. The minimum absolute atomic E-state index is 0.101. The minimum Gasteiger partial charge on any atom is -0.368 e. The molecule has 3 heterocycles. The van der Waals surface area contributed by atoms with Crippen LogP contribution < -0.4 is 16.4 Å². The van der Waals surface area contributed by atoms with Gasteiger partial charge in [0.25, 0.3) is 0 Å². The van der Waals surface area contributed by atoms with Crippen molar-refractivity contribution in [2.24, 2.45) is 11.1 Å². The fraction of sp³-hybridized carbons (Fsp3) is 0.458. The highest BCUT2D eigenvalue weighted by atomic mass is 127. The Balaban J connectivity index is 1.83. The fourth-order valence-electron chi connectivity index (χ4n) is 6.35. The molecule has 9 heteroatoms. The van der Waals surface area contributed by atoms with Gasteiger partial charge >= 0.3 is 0 Å². The lowest BCUT2D eigenvalue weighted by Gasteiger charge is -2.50. The number of carbonyl (C=O) groups excluding carboxylic acids is 2. The molecular formula is C24H25ClFIN4O2. The predicted octanol–water partition coefficient (Wildman–Crippen LogP) is 4.25. The van der Waals surface area contributed by atoms with Crippen LogP contribution in [0.4, 0.5) is 10.1 Å². The third-order valence-corrected chi connectivity index (χ3v) is 8.91. The second-order valence-electron chi connectivity index (χ2n) is 10.2. The van der Waals surface area contributed by atoms with Crippen LogP contribution in [0.15, 0.2) is 30.5 Å². The zero-order valence-corrected chi connectivity index (χ0v) is 21.3. The number of halogens is 3. The molecule has 174 valence electrons. The smallest absolute Gasteiger partial charge is 0.237 e. The van der Waals surface area contributed by atoms with E-state index in [0.29, 0.717) is 18.5 Å². The zero-order valence-electron chi connectivity index (χ0n) is 18.3. The number of nitrogens with zero attached hydrogens (tertiary/aromatic N) is 1. The van der Waals surface area contributed by atoms with Crippen LogP contribution >= 0.6 is 34.2 Å². The van der Waals surface area contributed by atoms with Crippen LogP contribution in [0.5, 0.6) is 0 Å². The van der Waals surface area contributed by atoms with Crippen molar-refractivity contribution in [3.8, 4) is 0 Å². The molecule has 1 aromatic carbocycles. The molecule has 1 aromatic heterocycles. The van der Waals surface area contributed by atoms with Gasteiger partial charge in [0, 0.05) is 26.9 Å². The lowest BCUT2D eigenvalue weighted by Crippen LogP contribution is -2.61. The Morgan fingerprint density at radius 2 is 1.94 bits per heavy atom. The van der Waals surface area contributed by atoms with Gasteiger partial charge in [0.05, 0.1) is 6.04 Å². The van der Waals surface area contributed by atoms with Crippen LogP contribution in [0.1, 0.15) is 56.6 Å². The average molecular weight is 583 g/mol. The molecule has 1 saturated carbocycles. The van der Waals surface area contributed by atoms with Gasteiger partial charge in [-0.15, -0.1) is 0 Å². The Kier molecular flexibility index (Phi) is 5.30. The van der Waals surface area contributed by atoms with Crippen LogP contribution in [-0.2, 0) is 15.0 Å². The summed E-state index contributed by atoms with van der Waals surface area (Å²) < 4.78 is 16.4. The predicted molar refractivity (Wildman–Crippen MR) is 133 cm³/mol. The summed E-state index contributed by atoms with van der Waals surface area (Å²) in [6.45, 7) is 4.41. The molecule has 2 aromatic rings. The van der Waals surface area contributed by atoms with E-state index in [2.05, 4.69) is 52.1 Å². The number of hydrogen-bond donors (Lipinski definition) is 3. The molecule has 4 N–H and O–H groups in total. The van der Waals surface area contributed by atoms with Crippen LogP contribution in [0.3, 0.4) is 0 Å². The topological polar surface area (TPSA) is 97.1 Å². The minimum atomic E-state index is -1.23. The van der Waals surface area contributed by atoms with E-state index in [9.17, 15) is 9.59 Å². The number of aromatic nitrogens is 1. The molecule has 2 aliphatic heterocycles. The Morgan fingerprint density at radius 3 is 2.61 bits per heavy atom. The third-order valence-electron chi connectivity index (χ3n) is 7.97. The maximum absolute atomic E-state index is 15.5. The maximum atomic E-state index is 15.5. The lowest BCUT2D eigenvalue weighted by molar-refractivity contribution is -0.124. The lowest BCUT2D eigenvalue weighted by atomic mass is 9.53. The normalized spacial score (nSPS) is 29.3. The van der Waals surface area contributed by atoms with E-state index in [1.54, 1.807) is 0 Å². The van der Waals surface area contributed by atoms with E-state index in [1.807, 2.05) is 18.2 Å². The van der Waals surface area contributed by atoms with Gasteiger partial charge < -0.3 is 11.1 Å². The highest BCUT2D eigenvalue weighted by Crippen LogP contribution is 2.63. The molecule has 1 saturated heterocycles. The monoisotopic (exact) mass is 582 g/mol. The summed E-state index contributed by atoms with van der Waals surface area (Å²) in [4.78, 5) is 30.7. The van der Waals surface area contributed by atoms with Crippen molar-refractivity contribution in [1.82, 2.24) is 10.3 Å². The summed E-state index contributed by atoms with van der Waals surface area (Å²) in [5.74, 6) is -2.47. The van der Waals surface area contributed by atoms with Gasteiger partial charge in [-0.2, -0.15) is 0 Å². The fourth-order valence-corrected chi connectivity index (χ4v) is 7.00. The number of primary amides is 1. The molecule has 0 unspecified atom stereocenters. The Hall–Kier alpha value is -1.78. The summed E-state index contributed by atoms with van der Waals surface area (Å²) in [5, 5.41) is 6.25. The summed E-state index contributed by atoms with van der Waals surface area (Å²) in [6.07, 6.45) is 4.42. The summed E-state index contributed by atoms with van der Waals surface area (Å²) in [7, 11) is 0. The van der Waals surface area contributed by atoms with Gasteiger partial charge in [-0.3, -0.25) is 14.9 Å². The number of fused-ring (bicyclic) bond motifs is 3. The molecule has 0 bridgehead atoms. The number of nitrogens with one attached hydrogen (secondary N) is 2. The Bertz CT molecular complexity index is 1180. The molecule has 33 heavy (non-hydrogen) atoms. The molecule has 3 atom stereocenters. The number of benzene rings is 1. The summed E-state index contributed by atoms with van der Waals surface area (Å²) in [6, 6.07) is 6.33. The molecule has 2 amide bonds. The quantitative estimate of drug-likeness (QED) is 0.364. The van der Waals surface area contributed by atoms with Gasteiger partial charge in [-0.25, -0.2) is 9.37 Å². The molecule has 6 nitrogen and oxygen atoms in total. The Labute approximate surface area is 210 Å². The highest BCUT2D eigenvalue weighted by Gasteiger charge is 2.72. The van der Waals surface area contributed by atoms with Crippen molar-refractivity contribution in [2.45, 2.75) is 62.4 Å². The third kappa shape index (κ3) is 3.16. The second-order valence-corrected chi connectivity index (χ2v) is 11.8. The van der Waals surface area contributed by atoms with E-state index in [4.69, 9.17) is 17.3 Å². The van der Waals surface area contributed by atoms with Crippen molar-refractivity contribution >= 4 is 51.7 Å². The average Bonchev–Trinajstić information content (AvgIpc) is 3.20. The van der Waals surface area contributed by atoms with Crippen molar-refractivity contribution in [3.05, 3.63) is 56.1 Å². The first-order chi connectivity index (χ1) is 15.5. The summed E-state index contributed by atoms with van der Waals surface area (Å²) in [5.41, 5.74) is 5.63. The number of amides is 2. The van der Waals surface area contributed by atoms with Crippen molar-refractivity contribution < 1.29 is 14.0 Å². The van der Waals surface area contributed by atoms with Gasteiger partial charge in [0.2, 0.25) is 11.8 Å². The molecular weight excluding hydrogens is 558 g/mol. The zero-order chi connectivity index (χ0) is 23.8. The first-order valence-corrected chi connectivity index (χ1v) is 12.5. The highest BCUT2D eigenvalue weighted by molar-refractivity contribution is 14.1. The molecule has 3 aliphatic rings. The maximum Gasteiger partial charge on any atom is 0.237 e. The molecule has 5 rings (SSSR count). The van der Waals surface area contributed by atoms with Crippen LogP contribution in [-0.4, -0.2) is 28.4 Å². The van der Waals surface area contributed by atoms with E-state index in [0.717, 1.165) is 22.0 Å². The van der Waals surface area contributed by atoms with Crippen molar-refractivity contribution in [2.75, 3.05) is 5.32 Å². The molecule has 0 radical (unpaired) electrons. The van der Waals surface area contributed by atoms with Gasteiger partial charge in [0.15, 0.2) is 11.0 Å². The largest absolute Gasteiger partial charge is 0.368 e. The number of nitrogens with two attached hydrogens (primary N) is 1. The van der Waals surface area contributed by atoms with E-state index < -0.39 is 34.6 Å². The number of rotatable bonds is 2. The summed E-state index contributed by atoms with van der Waals surface area (Å²) >= 11 is 8.26. The number of hydrogen-bond acceptors (Lipinski definition) is 4. The van der Waals surface area contributed by atoms with Crippen LogP contribution in [0.25, 0.3) is 0 Å². The first kappa shape index (κ1) is 23.0. The second kappa shape index (κ2) is 7.61. The van der Waals surface area contributed by atoms with Gasteiger partial charge in [0.1, 0.15) is 5.41 Å². The van der Waals surface area contributed by atoms with Gasteiger partial charge in [-0.1, -0.05) is 31.5 Å². The van der Waals surface area contributed by atoms with E-state index >= 15 is 4.39 Å². The van der Waals surface area contributed by atoms with E-state index in [-0.39, 0.29) is 22.0 Å². The standard InChI is InChI=1S/C24H25ClFIN4O2/c1-22(2)6-8-23(9-7-22)24(14-4-3-12(27)11-15(14)30-21(24)33)16(18(31-23)20(28)32)13-5-10-29-19(25)17(13)26/h3-5,10-11,16,18,31H,6-9H2,1-2H3,(H2,28,32)(H,30,33)/t16-,18+,24+/m0/s1. The number of anilines is 1. The van der Waals surface area contributed by atoms with E-state index in [1.165, 1.54) is 12.3 Å². The molecule has 1 aliphatic carbocycles. The molecule has 2 spiro atoms. The van der Waals surface area contributed by atoms with Crippen molar-refractivity contribution in [1.29, 1.82) is 0 Å². The van der Waals surface area contributed by atoms with Crippen LogP contribution in [0, 0.1) is 14.8 Å². The molecule has 2 fully saturated rings. The SMILES string of the molecule is CC1(C)CCC2(CC1)N[C@@H](C(N)=O)[C@H](c1ccnc(Cl)c1F)[C@]21C(=O)Nc2cc(I)ccc21. The van der Waals surface area contributed by atoms with Crippen LogP contribution in [0.2, 0.25) is 5.15 Å².